The van der Waals surface area contributed by atoms with Crippen LogP contribution in [0.4, 0.5) is 5.69 Å². The Balaban J connectivity index is 2.09. The zero-order valence-corrected chi connectivity index (χ0v) is 11.6. The third kappa shape index (κ3) is 3.21. The summed E-state index contributed by atoms with van der Waals surface area (Å²) < 4.78 is 0. The molecule has 0 aromatic heterocycles. The molecular weight excluding hydrogens is 258 g/mol. The van der Waals surface area contributed by atoms with E-state index in [0.717, 1.165) is 25.1 Å². The standard InChI is InChI=1S/C14H17N3OS/c15-10-11-3-5-12(6-4-11)17-8-1-2-13(17)14(18)16-7-9-19/h3-6,13,19H,1-2,7-9H2,(H,16,18). The van der Waals surface area contributed by atoms with Crippen molar-refractivity contribution in [2.75, 3.05) is 23.7 Å². The van der Waals surface area contributed by atoms with E-state index in [-0.39, 0.29) is 11.9 Å². The number of amides is 1. The van der Waals surface area contributed by atoms with E-state index < -0.39 is 0 Å². The van der Waals surface area contributed by atoms with Gasteiger partial charge in [0.25, 0.3) is 0 Å². The second-order valence-electron chi connectivity index (χ2n) is 4.52. The Hall–Kier alpha value is -1.67. The molecule has 5 heteroatoms. The topological polar surface area (TPSA) is 56.1 Å². The summed E-state index contributed by atoms with van der Waals surface area (Å²) in [6.45, 7) is 1.48. The van der Waals surface area contributed by atoms with Crippen LogP contribution >= 0.6 is 12.6 Å². The van der Waals surface area contributed by atoms with Crippen molar-refractivity contribution in [1.82, 2.24) is 5.32 Å². The maximum absolute atomic E-state index is 12.1. The van der Waals surface area contributed by atoms with Gasteiger partial charge in [-0.25, -0.2) is 0 Å². The maximum atomic E-state index is 12.1. The summed E-state index contributed by atoms with van der Waals surface area (Å²) in [4.78, 5) is 14.2. The molecule has 1 aliphatic heterocycles. The van der Waals surface area contributed by atoms with Crippen LogP contribution in [0, 0.1) is 11.3 Å². The van der Waals surface area contributed by atoms with Crippen molar-refractivity contribution in [2.24, 2.45) is 0 Å². The molecule has 4 nitrogen and oxygen atoms in total. The fourth-order valence-corrected chi connectivity index (χ4v) is 2.48. The van der Waals surface area contributed by atoms with Crippen LogP contribution in [0.3, 0.4) is 0 Å². The van der Waals surface area contributed by atoms with Gasteiger partial charge < -0.3 is 10.2 Å². The van der Waals surface area contributed by atoms with Crippen LogP contribution in [0.2, 0.25) is 0 Å². The highest BCUT2D eigenvalue weighted by molar-refractivity contribution is 7.80. The molecule has 0 spiro atoms. The molecule has 1 aliphatic rings. The van der Waals surface area contributed by atoms with Gasteiger partial charge in [0.15, 0.2) is 0 Å². The second kappa shape index (κ2) is 6.48. The van der Waals surface area contributed by atoms with Crippen molar-refractivity contribution in [3.63, 3.8) is 0 Å². The highest BCUT2D eigenvalue weighted by Gasteiger charge is 2.30. The average Bonchev–Trinajstić information content (AvgIpc) is 2.94. The molecule has 0 radical (unpaired) electrons. The number of nitrogens with one attached hydrogen (secondary N) is 1. The summed E-state index contributed by atoms with van der Waals surface area (Å²) in [5, 5.41) is 11.7. The second-order valence-corrected chi connectivity index (χ2v) is 4.97. The fraction of sp³-hybridized carbons (Fsp3) is 0.429. The van der Waals surface area contributed by atoms with Gasteiger partial charge in [-0.2, -0.15) is 17.9 Å². The lowest BCUT2D eigenvalue weighted by Crippen LogP contribution is -2.43. The third-order valence-corrected chi connectivity index (χ3v) is 3.52. The highest BCUT2D eigenvalue weighted by Crippen LogP contribution is 2.25. The number of benzene rings is 1. The van der Waals surface area contributed by atoms with Crippen LogP contribution in [-0.4, -0.2) is 30.8 Å². The summed E-state index contributed by atoms with van der Waals surface area (Å²) in [6.07, 6.45) is 1.89. The van der Waals surface area contributed by atoms with Crippen LogP contribution in [0.25, 0.3) is 0 Å². The number of carbonyl (C=O) groups is 1. The minimum Gasteiger partial charge on any atom is -0.360 e. The molecule has 1 atom stereocenters. The van der Waals surface area contributed by atoms with Gasteiger partial charge >= 0.3 is 0 Å². The molecule has 0 aliphatic carbocycles. The molecule has 1 amide bonds. The Morgan fingerprint density at radius 3 is 2.84 bits per heavy atom. The molecule has 1 saturated heterocycles. The summed E-state index contributed by atoms with van der Waals surface area (Å²) >= 11 is 4.09. The van der Waals surface area contributed by atoms with Crippen molar-refractivity contribution >= 4 is 24.2 Å². The van der Waals surface area contributed by atoms with Crippen molar-refractivity contribution in [3.8, 4) is 6.07 Å². The molecule has 0 bridgehead atoms. The molecule has 2 rings (SSSR count). The summed E-state index contributed by atoms with van der Waals surface area (Å²) in [5.41, 5.74) is 1.64. The van der Waals surface area contributed by atoms with Crippen LogP contribution < -0.4 is 10.2 Å². The zero-order valence-electron chi connectivity index (χ0n) is 10.7. The first-order valence-corrected chi connectivity index (χ1v) is 7.05. The largest absolute Gasteiger partial charge is 0.360 e. The lowest BCUT2D eigenvalue weighted by molar-refractivity contribution is -0.122. The Bertz CT molecular complexity index is 480. The molecule has 1 N–H and O–H groups in total. The number of nitriles is 1. The first-order chi connectivity index (χ1) is 9.26. The first-order valence-electron chi connectivity index (χ1n) is 6.41. The Kier molecular flexibility index (Phi) is 4.69. The third-order valence-electron chi connectivity index (χ3n) is 3.29. The normalized spacial score (nSPS) is 18.1. The number of rotatable bonds is 4. The van der Waals surface area contributed by atoms with Gasteiger partial charge in [-0.05, 0) is 37.1 Å². The molecule has 0 saturated carbocycles. The van der Waals surface area contributed by atoms with Gasteiger partial charge in [-0.3, -0.25) is 4.79 Å². The van der Waals surface area contributed by atoms with Crippen molar-refractivity contribution in [3.05, 3.63) is 29.8 Å². The fourth-order valence-electron chi connectivity index (χ4n) is 2.37. The Labute approximate surface area is 118 Å². The van der Waals surface area contributed by atoms with E-state index in [1.165, 1.54) is 0 Å². The van der Waals surface area contributed by atoms with E-state index in [1.54, 1.807) is 12.1 Å². The summed E-state index contributed by atoms with van der Waals surface area (Å²) in [6, 6.07) is 9.38. The number of hydrogen-bond acceptors (Lipinski definition) is 4. The smallest absolute Gasteiger partial charge is 0.242 e. The lowest BCUT2D eigenvalue weighted by atomic mass is 10.1. The Morgan fingerprint density at radius 2 is 2.21 bits per heavy atom. The molecule has 1 fully saturated rings. The minimum atomic E-state index is -0.104. The monoisotopic (exact) mass is 275 g/mol. The Morgan fingerprint density at radius 1 is 1.47 bits per heavy atom. The number of thiol groups is 1. The molecular formula is C14H17N3OS. The van der Waals surface area contributed by atoms with E-state index in [2.05, 4.69) is 28.9 Å². The highest BCUT2D eigenvalue weighted by atomic mass is 32.1. The van der Waals surface area contributed by atoms with E-state index in [1.807, 2.05) is 12.1 Å². The van der Waals surface area contributed by atoms with Crippen molar-refractivity contribution in [2.45, 2.75) is 18.9 Å². The maximum Gasteiger partial charge on any atom is 0.242 e. The predicted octanol–water partition coefficient (Wildman–Crippen LogP) is 1.57. The van der Waals surface area contributed by atoms with E-state index >= 15 is 0 Å². The van der Waals surface area contributed by atoms with Gasteiger partial charge in [0, 0.05) is 24.5 Å². The number of hydrogen-bond donors (Lipinski definition) is 2. The van der Waals surface area contributed by atoms with Crippen molar-refractivity contribution < 1.29 is 4.79 Å². The minimum absolute atomic E-state index is 0.0657. The molecule has 1 aromatic carbocycles. The van der Waals surface area contributed by atoms with E-state index in [4.69, 9.17) is 5.26 Å². The molecule has 1 heterocycles. The number of anilines is 1. The molecule has 1 unspecified atom stereocenters. The van der Waals surface area contributed by atoms with Crippen molar-refractivity contribution in [1.29, 1.82) is 5.26 Å². The molecule has 1 aromatic rings. The first kappa shape index (κ1) is 13.8. The summed E-state index contributed by atoms with van der Waals surface area (Å²) in [5.74, 6) is 0.714. The lowest BCUT2D eigenvalue weighted by Gasteiger charge is -2.26. The summed E-state index contributed by atoms with van der Waals surface area (Å²) in [7, 11) is 0. The average molecular weight is 275 g/mol. The zero-order chi connectivity index (χ0) is 13.7. The van der Waals surface area contributed by atoms with Crippen LogP contribution in [0.5, 0.6) is 0 Å². The van der Waals surface area contributed by atoms with Gasteiger partial charge in [0.05, 0.1) is 11.6 Å². The molecule has 100 valence electrons. The SMILES string of the molecule is N#Cc1ccc(N2CCCC2C(=O)NCCS)cc1. The van der Waals surface area contributed by atoms with E-state index in [9.17, 15) is 4.79 Å². The van der Waals surface area contributed by atoms with Crippen LogP contribution in [-0.2, 0) is 4.79 Å². The van der Waals surface area contributed by atoms with Gasteiger partial charge in [0.1, 0.15) is 6.04 Å². The predicted molar refractivity (Wildman–Crippen MR) is 78.4 cm³/mol. The number of nitrogens with zero attached hydrogens (tertiary/aromatic N) is 2. The van der Waals surface area contributed by atoms with Gasteiger partial charge in [-0.1, -0.05) is 0 Å². The molecule has 19 heavy (non-hydrogen) atoms. The van der Waals surface area contributed by atoms with Crippen LogP contribution in [0.1, 0.15) is 18.4 Å². The van der Waals surface area contributed by atoms with Gasteiger partial charge in [-0.15, -0.1) is 0 Å². The van der Waals surface area contributed by atoms with E-state index in [0.29, 0.717) is 17.9 Å². The quantitative estimate of drug-likeness (QED) is 0.820. The number of carbonyl (C=O) groups excluding carboxylic acids is 1. The van der Waals surface area contributed by atoms with Gasteiger partial charge in [0.2, 0.25) is 5.91 Å². The van der Waals surface area contributed by atoms with Crippen LogP contribution in [0.15, 0.2) is 24.3 Å².